The topological polar surface area (TPSA) is 119 Å². The third-order valence-electron chi connectivity index (χ3n) is 3.99. The number of hydrogen-bond acceptors (Lipinski definition) is 6. The second-order valence-electron chi connectivity index (χ2n) is 6.07. The lowest BCUT2D eigenvalue weighted by atomic mass is 10.1. The second-order valence-corrected chi connectivity index (χ2v) is 6.07. The quantitative estimate of drug-likeness (QED) is 0.652. The Hall–Kier alpha value is -3.16. The van der Waals surface area contributed by atoms with E-state index in [0.717, 1.165) is 11.4 Å². The Labute approximate surface area is 144 Å². The monoisotopic (exact) mass is 340 g/mol. The van der Waals surface area contributed by atoms with Gasteiger partial charge in [-0.05, 0) is 45.0 Å². The van der Waals surface area contributed by atoms with Gasteiger partial charge in [0.1, 0.15) is 5.82 Å². The Morgan fingerprint density at radius 3 is 2.72 bits per heavy atom. The van der Waals surface area contributed by atoms with E-state index in [4.69, 9.17) is 5.73 Å². The van der Waals surface area contributed by atoms with E-state index >= 15 is 0 Å². The maximum Gasteiger partial charge on any atom is 0.335 e. The van der Waals surface area contributed by atoms with E-state index in [9.17, 15) is 9.90 Å². The van der Waals surface area contributed by atoms with Crippen LogP contribution in [-0.2, 0) is 0 Å². The average molecular weight is 340 g/mol. The molecule has 8 nitrogen and oxygen atoms in total. The van der Waals surface area contributed by atoms with Gasteiger partial charge in [0.25, 0.3) is 0 Å². The van der Waals surface area contributed by atoms with Crippen LogP contribution in [0.2, 0.25) is 0 Å². The van der Waals surface area contributed by atoms with Crippen molar-refractivity contribution in [3.63, 3.8) is 0 Å². The fraction of sp³-hybridized carbons (Fsp3) is 0.294. The third-order valence-corrected chi connectivity index (χ3v) is 3.99. The number of nitrogens with two attached hydrogens (primary N) is 1. The van der Waals surface area contributed by atoms with E-state index in [0.29, 0.717) is 23.3 Å². The molecule has 130 valence electrons. The minimum Gasteiger partial charge on any atom is -0.478 e. The van der Waals surface area contributed by atoms with Gasteiger partial charge in [0.05, 0.1) is 22.8 Å². The highest BCUT2D eigenvalue weighted by atomic mass is 16.4. The molecule has 2 heterocycles. The molecule has 0 radical (unpaired) electrons. The Kier molecular flexibility index (Phi) is 4.26. The molecular weight excluding hydrogens is 320 g/mol. The summed E-state index contributed by atoms with van der Waals surface area (Å²) in [5.41, 5.74) is 8.58. The fourth-order valence-corrected chi connectivity index (χ4v) is 2.84. The van der Waals surface area contributed by atoms with E-state index in [-0.39, 0.29) is 17.6 Å². The highest BCUT2D eigenvalue weighted by molar-refractivity contribution is 5.97. The molecule has 1 unspecified atom stereocenters. The molecule has 0 bridgehead atoms. The number of aromatic carboxylic acids is 1. The SMILES string of the molecule is Cc1cc(C)n(C(C)CNc2nc(N)nc3ccc(C(=O)O)cc23)n1. The third kappa shape index (κ3) is 3.37. The Morgan fingerprint density at radius 2 is 2.08 bits per heavy atom. The van der Waals surface area contributed by atoms with Crippen LogP contribution in [0.15, 0.2) is 24.3 Å². The number of carboxylic acids is 1. The zero-order valence-corrected chi connectivity index (χ0v) is 14.3. The number of fused-ring (bicyclic) bond motifs is 1. The number of benzene rings is 1. The number of nitrogens with zero attached hydrogens (tertiary/aromatic N) is 4. The summed E-state index contributed by atoms with van der Waals surface area (Å²) in [6, 6.07) is 6.79. The zero-order chi connectivity index (χ0) is 18.1. The number of carbonyl (C=O) groups is 1. The van der Waals surface area contributed by atoms with Gasteiger partial charge >= 0.3 is 5.97 Å². The normalized spacial score (nSPS) is 12.3. The van der Waals surface area contributed by atoms with Crippen LogP contribution in [-0.4, -0.2) is 37.4 Å². The number of anilines is 2. The van der Waals surface area contributed by atoms with Gasteiger partial charge in [0.2, 0.25) is 5.95 Å². The summed E-state index contributed by atoms with van der Waals surface area (Å²) in [4.78, 5) is 19.6. The molecule has 4 N–H and O–H groups in total. The van der Waals surface area contributed by atoms with Crippen LogP contribution in [0.1, 0.15) is 34.7 Å². The van der Waals surface area contributed by atoms with Crippen molar-refractivity contribution in [1.29, 1.82) is 0 Å². The van der Waals surface area contributed by atoms with Crippen LogP contribution in [0, 0.1) is 13.8 Å². The van der Waals surface area contributed by atoms with Crippen molar-refractivity contribution in [3.8, 4) is 0 Å². The summed E-state index contributed by atoms with van der Waals surface area (Å²) in [6.07, 6.45) is 0. The van der Waals surface area contributed by atoms with Crippen molar-refractivity contribution in [2.24, 2.45) is 0 Å². The Bertz CT molecular complexity index is 950. The highest BCUT2D eigenvalue weighted by Gasteiger charge is 2.13. The van der Waals surface area contributed by atoms with E-state index in [1.54, 1.807) is 12.1 Å². The molecule has 0 aliphatic carbocycles. The fourth-order valence-electron chi connectivity index (χ4n) is 2.84. The standard InChI is InChI=1S/C17H20N6O2/c1-9-6-10(2)23(22-9)11(3)8-19-15-13-7-12(16(24)25)4-5-14(13)20-17(18)21-15/h4-7,11H,8H2,1-3H3,(H,24,25)(H3,18,19,20,21). The van der Waals surface area contributed by atoms with Gasteiger partial charge in [-0.15, -0.1) is 0 Å². The van der Waals surface area contributed by atoms with Gasteiger partial charge in [0.15, 0.2) is 0 Å². The largest absolute Gasteiger partial charge is 0.478 e. The summed E-state index contributed by atoms with van der Waals surface area (Å²) >= 11 is 0. The summed E-state index contributed by atoms with van der Waals surface area (Å²) in [7, 11) is 0. The summed E-state index contributed by atoms with van der Waals surface area (Å²) < 4.78 is 1.94. The van der Waals surface area contributed by atoms with Gasteiger partial charge in [0, 0.05) is 17.6 Å². The van der Waals surface area contributed by atoms with Crippen LogP contribution < -0.4 is 11.1 Å². The minimum atomic E-state index is -0.999. The van der Waals surface area contributed by atoms with Crippen molar-refractivity contribution in [2.75, 3.05) is 17.6 Å². The number of aryl methyl sites for hydroxylation is 2. The van der Waals surface area contributed by atoms with Crippen molar-refractivity contribution >= 4 is 28.6 Å². The smallest absolute Gasteiger partial charge is 0.335 e. The molecule has 1 atom stereocenters. The van der Waals surface area contributed by atoms with E-state index in [2.05, 4.69) is 20.4 Å². The first-order chi connectivity index (χ1) is 11.8. The van der Waals surface area contributed by atoms with Gasteiger partial charge in [-0.3, -0.25) is 4.68 Å². The summed E-state index contributed by atoms with van der Waals surface area (Å²) in [5.74, 6) is -0.350. The molecule has 0 saturated heterocycles. The first-order valence-corrected chi connectivity index (χ1v) is 7.92. The van der Waals surface area contributed by atoms with Crippen LogP contribution in [0.25, 0.3) is 10.9 Å². The molecule has 0 fully saturated rings. The van der Waals surface area contributed by atoms with Crippen molar-refractivity contribution in [1.82, 2.24) is 19.7 Å². The lowest BCUT2D eigenvalue weighted by Gasteiger charge is -2.16. The van der Waals surface area contributed by atoms with Gasteiger partial charge in [-0.2, -0.15) is 10.1 Å². The maximum atomic E-state index is 11.2. The second kappa shape index (κ2) is 6.39. The molecule has 0 aliphatic heterocycles. The van der Waals surface area contributed by atoms with Crippen molar-refractivity contribution < 1.29 is 9.90 Å². The number of rotatable bonds is 5. The molecule has 0 aliphatic rings. The lowest BCUT2D eigenvalue weighted by molar-refractivity contribution is 0.0697. The van der Waals surface area contributed by atoms with Crippen LogP contribution in [0.5, 0.6) is 0 Å². The van der Waals surface area contributed by atoms with Gasteiger partial charge in [-0.25, -0.2) is 9.78 Å². The zero-order valence-electron chi connectivity index (χ0n) is 14.3. The van der Waals surface area contributed by atoms with Gasteiger partial charge < -0.3 is 16.2 Å². The Morgan fingerprint density at radius 1 is 1.32 bits per heavy atom. The summed E-state index contributed by atoms with van der Waals surface area (Å²) in [6.45, 7) is 6.57. The first-order valence-electron chi connectivity index (χ1n) is 7.92. The Balaban J connectivity index is 1.90. The van der Waals surface area contributed by atoms with Gasteiger partial charge in [-0.1, -0.05) is 0 Å². The highest BCUT2D eigenvalue weighted by Crippen LogP contribution is 2.23. The molecule has 1 aromatic carbocycles. The number of hydrogen-bond donors (Lipinski definition) is 3. The molecule has 0 spiro atoms. The number of nitrogen functional groups attached to an aromatic ring is 1. The van der Waals surface area contributed by atoms with Crippen molar-refractivity contribution in [2.45, 2.75) is 26.8 Å². The molecule has 0 amide bonds. The lowest BCUT2D eigenvalue weighted by Crippen LogP contribution is -2.19. The molecular formula is C17H20N6O2. The van der Waals surface area contributed by atoms with Crippen LogP contribution in [0.4, 0.5) is 11.8 Å². The van der Waals surface area contributed by atoms with Crippen LogP contribution in [0.3, 0.4) is 0 Å². The van der Waals surface area contributed by atoms with Crippen LogP contribution >= 0.6 is 0 Å². The summed E-state index contributed by atoms with van der Waals surface area (Å²) in [5, 5.41) is 17.5. The van der Waals surface area contributed by atoms with E-state index in [1.165, 1.54) is 6.07 Å². The number of nitrogens with one attached hydrogen (secondary N) is 1. The predicted octanol–water partition coefficient (Wildman–Crippen LogP) is 2.40. The predicted molar refractivity (Wildman–Crippen MR) is 95.8 cm³/mol. The molecule has 3 aromatic rings. The number of aromatic nitrogens is 4. The number of carboxylic acid groups (broad SMARTS) is 1. The van der Waals surface area contributed by atoms with Crippen molar-refractivity contribution in [3.05, 3.63) is 41.2 Å². The molecule has 2 aromatic heterocycles. The maximum absolute atomic E-state index is 11.2. The first kappa shape index (κ1) is 16.7. The molecule has 25 heavy (non-hydrogen) atoms. The molecule has 8 heteroatoms. The average Bonchev–Trinajstić information content (AvgIpc) is 2.90. The molecule has 0 saturated carbocycles. The van der Waals surface area contributed by atoms with E-state index in [1.807, 2.05) is 31.5 Å². The minimum absolute atomic E-state index is 0.0857. The van der Waals surface area contributed by atoms with E-state index < -0.39 is 5.97 Å². The molecule has 3 rings (SSSR count).